The third kappa shape index (κ3) is 2.80. The lowest BCUT2D eigenvalue weighted by molar-refractivity contribution is -0.139. The lowest BCUT2D eigenvalue weighted by atomic mass is 9.84. The van der Waals surface area contributed by atoms with Crippen molar-refractivity contribution < 1.29 is 19.7 Å². The number of hydrogen-bond donors (Lipinski definition) is 2. The largest absolute Gasteiger partial charge is 0.458 e. The summed E-state index contributed by atoms with van der Waals surface area (Å²) in [6.07, 6.45) is 1.47. The Kier molecular flexibility index (Phi) is 3.92. The standard InChI is InChI=1S/C15H20O4/c1-8-4-5-11(16)9(2)7-13-14(12(17)6-8)10(3)15(18)19-13/h6,11-14,16-17H,2-5,7H2,1H3/b8-6+/t11-,12+,13-,14?/m0/s1. The summed E-state index contributed by atoms with van der Waals surface area (Å²) >= 11 is 0. The molecule has 0 radical (unpaired) electrons. The van der Waals surface area contributed by atoms with Crippen molar-refractivity contribution >= 4 is 5.97 Å². The quantitative estimate of drug-likeness (QED) is 0.395. The van der Waals surface area contributed by atoms with Gasteiger partial charge in [-0.1, -0.05) is 24.8 Å². The van der Waals surface area contributed by atoms with Crippen molar-refractivity contribution in [3.63, 3.8) is 0 Å². The molecule has 0 spiro atoms. The molecule has 4 atom stereocenters. The Morgan fingerprint density at radius 2 is 2.05 bits per heavy atom. The predicted molar refractivity (Wildman–Crippen MR) is 71.3 cm³/mol. The Morgan fingerprint density at radius 3 is 2.74 bits per heavy atom. The first kappa shape index (κ1) is 14.0. The van der Waals surface area contributed by atoms with E-state index in [1.807, 2.05) is 6.92 Å². The molecular weight excluding hydrogens is 244 g/mol. The first-order valence-electron chi connectivity index (χ1n) is 6.51. The lowest BCUT2D eigenvalue weighted by Gasteiger charge is -2.25. The Morgan fingerprint density at radius 1 is 1.37 bits per heavy atom. The number of aliphatic hydroxyl groups is 2. The van der Waals surface area contributed by atoms with Crippen LogP contribution in [0.5, 0.6) is 0 Å². The van der Waals surface area contributed by atoms with Gasteiger partial charge in [-0.05, 0) is 25.3 Å². The van der Waals surface area contributed by atoms with E-state index in [1.165, 1.54) is 0 Å². The van der Waals surface area contributed by atoms with Gasteiger partial charge in [-0.3, -0.25) is 0 Å². The minimum atomic E-state index is -0.785. The zero-order chi connectivity index (χ0) is 14.2. The fraction of sp³-hybridized carbons (Fsp3) is 0.533. The fourth-order valence-corrected chi connectivity index (χ4v) is 2.68. The van der Waals surface area contributed by atoms with E-state index < -0.39 is 30.2 Å². The molecule has 0 amide bonds. The van der Waals surface area contributed by atoms with E-state index in [4.69, 9.17) is 4.74 Å². The monoisotopic (exact) mass is 264 g/mol. The van der Waals surface area contributed by atoms with Gasteiger partial charge in [-0.25, -0.2) is 4.79 Å². The van der Waals surface area contributed by atoms with E-state index in [0.717, 1.165) is 5.57 Å². The van der Waals surface area contributed by atoms with Crippen LogP contribution in [-0.4, -0.2) is 34.5 Å². The zero-order valence-electron chi connectivity index (χ0n) is 11.1. The molecule has 0 aromatic carbocycles. The van der Waals surface area contributed by atoms with Gasteiger partial charge >= 0.3 is 5.97 Å². The summed E-state index contributed by atoms with van der Waals surface area (Å²) in [6, 6.07) is 0. The minimum Gasteiger partial charge on any atom is -0.458 e. The number of fused-ring (bicyclic) bond motifs is 1. The molecule has 2 N–H and O–H groups in total. The number of esters is 1. The molecule has 4 nitrogen and oxygen atoms in total. The maximum Gasteiger partial charge on any atom is 0.334 e. The van der Waals surface area contributed by atoms with Crippen molar-refractivity contribution in [1.29, 1.82) is 0 Å². The van der Waals surface area contributed by atoms with Gasteiger partial charge in [0.05, 0.1) is 18.1 Å². The average Bonchev–Trinajstić information content (AvgIpc) is 2.60. The second-order valence-corrected chi connectivity index (χ2v) is 5.42. The second kappa shape index (κ2) is 5.31. The van der Waals surface area contributed by atoms with Gasteiger partial charge < -0.3 is 14.9 Å². The number of allylic oxidation sites excluding steroid dienone is 1. The molecule has 1 aliphatic carbocycles. The fourth-order valence-electron chi connectivity index (χ4n) is 2.68. The molecule has 19 heavy (non-hydrogen) atoms. The third-order valence-corrected chi connectivity index (χ3v) is 3.89. The van der Waals surface area contributed by atoms with E-state index in [2.05, 4.69) is 13.2 Å². The topological polar surface area (TPSA) is 66.8 Å². The summed E-state index contributed by atoms with van der Waals surface area (Å²) in [5.74, 6) is -0.925. The summed E-state index contributed by atoms with van der Waals surface area (Å²) in [5.41, 5.74) is 1.91. The molecule has 2 aliphatic rings. The van der Waals surface area contributed by atoms with Crippen LogP contribution in [-0.2, 0) is 9.53 Å². The number of carbonyl (C=O) groups is 1. The molecule has 1 saturated heterocycles. The Labute approximate surface area is 113 Å². The molecule has 1 heterocycles. The molecule has 2 rings (SSSR count). The maximum absolute atomic E-state index is 11.6. The number of aliphatic hydroxyl groups excluding tert-OH is 2. The Bertz CT molecular complexity index is 449. The molecular formula is C15H20O4. The molecule has 1 fully saturated rings. The second-order valence-electron chi connectivity index (χ2n) is 5.42. The van der Waals surface area contributed by atoms with Gasteiger partial charge in [0.25, 0.3) is 0 Å². The van der Waals surface area contributed by atoms with Gasteiger partial charge in [0.2, 0.25) is 0 Å². The van der Waals surface area contributed by atoms with E-state index in [9.17, 15) is 15.0 Å². The first-order valence-corrected chi connectivity index (χ1v) is 6.51. The van der Waals surface area contributed by atoms with Gasteiger partial charge in [-0.2, -0.15) is 0 Å². The van der Waals surface area contributed by atoms with Crippen molar-refractivity contribution in [3.8, 4) is 0 Å². The summed E-state index contributed by atoms with van der Waals surface area (Å²) in [7, 11) is 0. The molecule has 1 aliphatic heterocycles. The van der Waals surface area contributed by atoms with Gasteiger partial charge in [-0.15, -0.1) is 0 Å². The summed E-state index contributed by atoms with van der Waals surface area (Å²) in [4.78, 5) is 11.6. The number of carbonyl (C=O) groups excluding carboxylic acids is 1. The normalized spacial score (nSPS) is 39.3. The number of ether oxygens (including phenoxy) is 1. The van der Waals surface area contributed by atoms with Crippen LogP contribution in [0.2, 0.25) is 0 Å². The predicted octanol–water partition coefficient (Wildman–Crippen LogP) is 1.49. The summed E-state index contributed by atoms with van der Waals surface area (Å²) in [5, 5.41) is 20.2. The van der Waals surface area contributed by atoms with Crippen molar-refractivity contribution in [3.05, 3.63) is 36.0 Å². The van der Waals surface area contributed by atoms with Crippen LogP contribution in [0.15, 0.2) is 36.0 Å². The summed E-state index contributed by atoms with van der Waals surface area (Å²) in [6.45, 7) is 9.47. The smallest absolute Gasteiger partial charge is 0.334 e. The molecule has 0 bridgehead atoms. The van der Waals surface area contributed by atoms with Crippen LogP contribution in [0.25, 0.3) is 0 Å². The van der Waals surface area contributed by atoms with Gasteiger partial charge in [0.1, 0.15) is 6.10 Å². The minimum absolute atomic E-state index is 0.296. The van der Waals surface area contributed by atoms with Gasteiger partial charge in [0, 0.05) is 12.0 Å². The van der Waals surface area contributed by atoms with Crippen molar-refractivity contribution in [1.82, 2.24) is 0 Å². The Hall–Kier alpha value is -1.39. The average molecular weight is 264 g/mol. The van der Waals surface area contributed by atoms with Crippen LogP contribution in [0.3, 0.4) is 0 Å². The van der Waals surface area contributed by atoms with Crippen LogP contribution in [0.1, 0.15) is 26.2 Å². The number of hydrogen-bond acceptors (Lipinski definition) is 4. The lowest BCUT2D eigenvalue weighted by Crippen LogP contribution is -2.30. The highest BCUT2D eigenvalue weighted by Crippen LogP contribution is 2.35. The summed E-state index contributed by atoms with van der Waals surface area (Å²) < 4.78 is 5.23. The number of rotatable bonds is 0. The molecule has 104 valence electrons. The van der Waals surface area contributed by atoms with Crippen LogP contribution in [0, 0.1) is 5.92 Å². The van der Waals surface area contributed by atoms with E-state index in [0.29, 0.717) is 30.4 Å². The van der Waals surface area contributed by atoms with Crippen molar-refractivity contribution in [2.75, 3.05) is 0 Å². The highest BCUT2D eigenvalue weighted by atomic mass is 16.6. The van der Waals surface area contributed by atoms with Crippen molar-refractivity contribution in [2.45, 2.75) is 44.5 Å². The molecule has 4 heteroatoms. The van der Waals surface area contributed by atoms with Crippen LogP contribution in [0.4, 0.5) is 0 Å². The van der Waals surface area contributed by atoms with Crippen molar-refractivity contribution in [2.24, 2.45) is 5.92 Å². The highest BCUT2D eigenvalue weighted by molar-refractivity contribution is 5.91. The van der Waals surface area contributed by atoms with Gasteiger partial charge in [0.15, 0.2) is 0 Å². The molecule has 1 unspecified atom stereocenters. The molecule has 0 saturated carbocycles. The van der Waals surface area contributed by atoms with Crippen LogP contribution >= 0.6 is 0 Å². The molecule has 0 aromatic heterocycles. The molecule has 0 aromatic rings. The third-order valence-electron chi connectivity index (χ3n) is 3.89. The first-order chi connectivity index (χ1) is 8.90. The van der Waals surface area contributed by atoms with E-state index in [-0.39, 0.29) is 0 Å². The maximum atomic E-state index is 11.6. The SMILES string of the molecule is C=C1C(=O)O[C@H]2CC(=C)[C@@H](O)CC/C(C)=C/[C@@H](O)C12. The van der Waals surface area contributed by atoms with E-state index >= 15 is 0 Å². The zero-order valence-corrected chi connectivity index (χ0v) is 11.1. The van der Waals surface area contributed by atoms with E-state index in [1.54, 1.807) is 6.08 Å². The Balaban J connectivity index is 2.33. The highest BCUT2D eigenvalue weighted by Gasteiger charge is 2.42. The van der Waals surface area contributed by atoms with Crippen LogP contribution < -0.4 is 0 Å².